The van der Waals surface area contributed by atoms with E-state index in [2.05, 4.69) is 6.58 Å². The van der Waals surface area contributed by atoms with Gasteiger partial charge >= 0.3 is 23.9 Å². The Balaban J connectivity index is 1.91. The molecule has 0 aromatic rings. The van der Waals surface area contributed by atoms with Crippen LogP contribution in [0.15, 0.2) is 35.5 Å². The molecule has 3 heterocycles. The minimum atomic E-state index is -0.785. The summed E-state index contributed by atoms with van der Waals surface area (Å²) in [6, 6.07) is 0. The number of carbonyl (C=O) groups is 4. The van der Waals surface area contributed by atoms with Gasteiger partial charge in [-0.3, -0.25) is 9.59 Å². The average molecular weight is 462 g/mol. The monoisotopic (exact) mass is 462 g/mol. The van der Waals surface area contributed by atoms with Crippen LogP contribution in [0.5, 0.6) is 0 Å². The highest BCUT2D eigenvalue weighted by atomic mass is 16.6. The van der Waals surface area contributed by atoms with E-state index in [1.807, 2.05) is 13.0 Å². The van der Waals surface area contributed by atoms with E-state index in [1.165, 1.54) is 19.9 Å². The normalized spacial score (nSPS) is 31.4. The predicted octanol–water partition coefficient (Wildman–Crippen LogP) is 2.34. The third kappa shape index (κ3) is 5.52. The summed E-state index contributed by atoms with van der Waals surface area (Å²) >= 11 is 0. The molecular weight excluding hydrogens is 432 g/mol. The molecule has 0 saturated carbocycles. The number of ether oxygens (including phenoxy) is 5. The molecule has 2 bridgehead atoms. The number of esters is 4. The highest BCUT2D eigenvalue weighted by Crippen LogP contribution is 2.46. The summed E-state index contributed by atoms with van der Waals surface area (Å²) in [5.41, 5.74) is 0.392. The van der Waals surface area contributed by atoms with Crippen molar-refractivity contribution in [3.63, 3.8) is 0 Å². The van der Waals surface area contributed by atoms with Gasteiger partial charge in [-0.15, -0.1) is 0 Å². The van der Waals surface area contributed by atoms with Crippen LogP contribution in [0.4, 0.5) is 0 Å². The Labute approximate surface area is 192 Å². The zero-order valence-corrected chi connectivity index (χ0v) is 19.4. The lowest BCUT2D eigenvalue weighted by molar-refractivity contribution is -0.153. The largest absolute Gasteiger partial charge is 0.461 e. The SMILES string of the molecule is C=C1C(=O)OC2C3OC(C)(CCC=C3COC(C)=O)CC(OC(=O)C(=CC)COC(C)=O)C12. The molecule has 2 saturated heterocycles. The smallest absolute Gasteiger partial charge is 0.337 e. The maximum atomic E-state index is 12.9. The second-order valence-corrected chi connectivity index (χ2v) is 8.75. The predicted molar refractivity (Wildman–Crippen MR) is 115 cm³/mol. The molecule has 2 fully saturated rings. The summed E-state index contributed by atoms with van der Waals surface area (Å²) in [5.74, 6) is -2.82. The van der Waals surface area contributed by atoms with Gasteiger partial charge in [0.25, 0.3) is 0 Å². The first-order valence-electron chi connectivity index (χ1n) is 10.9. The molecule has 0 aromatic carbocycles. The summed E-state index contributed by atoms with van der Waals surface area (Å²) in [6.07, 6.45) is 2.86. The number of rotatable bonds is 6. The third-order valence-corrected chi connectivity index (χ3v) is 6.19. The van der Waals surface area contributed by atoms with Gasteiger partial charge in [0.2, 0.25) is 0 Å². The van der Waals surface area contributed by atoms with Crippen molar-refractivity contribution in [3.05, 3.63) is 35.5 Å². The molecule has 0 radical (unpaired) electrons. The first kappa shape index (κ1) is 24.7. The topological polar surface area (TPSA) is 114 Å². The van der Waals surface area contributed by atoms with E-state index >= 15 is 0 Å². The molecule has 5 atom stereocenters. The Morgan fingerprint density at radius 3 is 2.58 bits per heavy atom. The highest BCUT2D eigenvalue weighted by molar-refractivity contribution is 5.92. The van der Waals surface area contributed by atoms with Gasteiger partial charge in [-0.05, 0) is 32.3 Å². The first-order chi connectivity index (χ1) is 15.5. The third-order valence-electron chi connectivity index (χ3n) is 6.19. The Bertz CT molecular complexity index is 915. The molecule has 3 aliphatic rings. The van der Waals surface area contributed by atoms with Crippen LogP contribution < -0.4 is 0 Å². The molecule has 0 amide bonds. The zero-order chi connectivity index (χ0) is 24.3. The molecule has 0 N–H and O–H groups in total. The second kappa shape index (κ2) is 9.91. The summed E-state index contributed by atoms with van der Waals surface area (Å²) < 4.78 is 28.1. The summed E-state index contributed by atoms with van der Waals surface area (Å²) in [7, 11) is 0. The Hall–Kier alpha value is -2.94. The maximum Gasteiger partial charge on any atom is 0.337 e. The van der Waals surface area contributed by atoms with Crippen LogP contribution in [-0.2, 0) is 42.9 Å². The van der Waals surface area contributed by atoms with Crippen LogP contribution in [0.25, 0.3) is 0 Å². The second-order valence-electron chi connectivity index (χ2n) is 8.75. The molecule has 180 valence electrons. The van der Waals surface area contributed by atoms with Crippen molar-refractivity contribution in [2.75, 3.05) is 13.2 Å². The Kier molecular flexibility index (Phi) is 7.41. The molecule has 0 spiro atoms. The highest BCUT2D eigenvalue weighted by Gasteiger charge is 2.56. The van der Waals surface area contributed by atoms with Crippen LogP contribution in [0.2, 0.25) is 0 Å². The fourth-order valence-corrected chi connectivity index (χ4v) is 4.49. The van der Waals surface area contributed by atoms with Crippen molar-refractivity contribution in [1.29, 1.82) is 0 Å². The number of allylic oxidation sites excluding steroid dienone is 2. The van der Waals surface area contributed by atoms with Gasteiger partial charge in [0, 0.05) is 25.8 Å². The zero-order valence-electron chi connectivity index (χ0n) is 19.4. The minimum Gasteiger partial charge on any atom is -0.461 e. The van der Waals surface area contributed by atoms with Gasteiger partial charge in [0.05, 0.1) is 17.1 Å². The fourth-order valence-electron chi connectivity index (χ4n) is 4.49. The molecule has 9 heteroatoms. The van der Waals surface area contributed by atoms with Crippen LogP contribution in [0.3, 0.4) is 0 Å². The maximum absolute atomic E-state index is 12.9. The molecule has 3 rings (SSSR count). The van der Waals surface area contributed by atoms with E-state index in [4.69, 9.17) is 23.7 Å². The van der Waals surface area contributed by atoms with Crippen molar-refractivity contribution in [1.82, 2.24) is 0 Å². The minimum absolute atomic E-state index is 0.0128. The van der Waals surface area contributed by atoms with Gasteiger partial charge < -0.3 is 23.7 Å². The number of carbonyl (C=O) groups excluding carboxylic acids is 4. The lowest BCUT2D eigenvalue weighted by Gasteiger charge is -2.32. The standard InChI is InChI=1S/C24H30O9/c1-6-16(11-29-14(3)25)23(28)31-18-10-24(5)9-7-8-17(12-30-15(4)26)20(33-24)21-19(18)13(2)22(27)32-21/h6,8,18-21H,2,7,9-12H2,1,3-5H3. The molecule has 5 unspecified atom stereocenters. The van der Waals surface area contributed by atoms with Crippen LogP contribution in [0, 0.1) is 5.92 Å². The number of fused-ring (bicyclic) bond motifs is 4. The Morgan fingerprint density at radius 2 is 1.94 bits per heavy atom. The Morgan fingerprint density at radius 1 is 1.24 bits per heavy atom. The molecule has 33 heavy (non-hydrogen) atoms. The van der Waals surface area contributed by atoms with Gasteiger partial charge in [-0.2, -0.15) is 0 Å². The van der Waals surface area contributed by atoms with Crippen molar-refractivity contribution in [3.8, 4) is 0 Å². The number of hydrogen-bond donors (Lipinski definition) is 0. The van der Waals surface area contributed by atoms with Crippen molar-refractivity contribution < 1.29 is 42.9 Å². The van der Waals surface area contributed by atoms with Gasteiger partial charge in [0.1, 0.15) is 31.5 Å². The van der Waals surface area contributed by atoms with Crippen molar-refractivity contribution in [2.45, 2.75) is 70.9 Å². The lowest BCUT2D eigenvalue weighted by Crippen LogP contribution is -2.40. The van der Waals surface area contributed by atoms with Crippen molar-refractivity contribution >= 4 is 23.9 Å². The molecule has 0 aliphatic carbocycles. The average Bonchev–Trinajstić information content (AvgIpc) is 2.86. The number of hydrogen-bond acceptors (Lipinski definition) is 9. The van der Waals surface area contributed by atoms with Gasteiger partial charge in [-0.1, -0.05) is 18.7 Å². The van der Waals surface area contributed by atoms with E-state index in [0.717, 1.165) is 0 Å². The van der Waals surface area contributed by atoms with Crippen LogP contribution in [0.1, 0.15) is 47.0 Å². The van der Waals surface area contributed by atoms with E-state index in [-0.39, 0.29) is 24.4 Å². The lowest BCUT2D eigenvalue weighted by atomic mass is 9.81. The van der Waals surface area contributed by atoms with Crippen LogP contribution >= 0.6 is 0 Å². The molecule has 3 aliphatic heterocycles. The van der Waals surface area contributed by atoms with E-state index in [1.54, 1.807) is 6.92 Å². The summed E-state index contributed by atoms with van der Waals surface area (Å²) in [6.45, 7) is 9.83. The van der Waals surface area contributed by atoms with E-state index in [9.17, 15) is 19.2 Å². The van der Waals surface area contributed by atoms with Gasteiger partial charge in [0.15, 0.2) is 0 Å². The van der Waals surface area contributed by atoms with Crippen molar-refractivity contribution in [2.24, 2.45) is 5.92 Å². The van der Waals surface area contributed by atoms with Gasteiger partial charge in [-0.25, -0.2) is 9.59 Å². The quantitative estimate of drug-likeness (QED) is 0.254. The summed E-state index contributed by atoms with van der Waals surface area (Å²) in [5, 5.41) is 0. The van der Waals surface area contributed by atoms with E-state index < -0.39 is 53.7 Å². The first-order valence-corrected chi connectivity index (χ1v) is 10.9. The van der Waals surface area contributed by atoms with E-state index in [0.29, 0.717) is 24.8 Å². The molecule has 9 nitrogen and oxygen atoms in total. The fraction of sp³-hybridized carbons (Fsp3) is 0.583. The summed E-state index contributed by atoms with van der Waals surface area (Å²) in [4.78, 5) is 47.9. The molecule has 0 aromatic heterocycles. The van der Waals surface area contributed by atoms with Crippen LogP contribution in [-0.4, -0.2) is 61.0 Å². The molecular formula is C24H30O9.